The van der Waals surface area contributed by atoms with E-state index < -0.39 is 0 Å². The Bertz CT molecular complexity index is 528. The fourth-order valence-electron chi connectivity index (χ4n) is 1.99. The lowest BCUT2D eigenvalue weighted by Crippen LogP contribution is -2.17. The molecule has 0 saturated carbocycles. The van der Waals surface area contributed by atoms with Gasteiger partial charge in [0.2, 0.25) is 0 Å². The topological polar surface area (TPSA) is 43.4 Å². The zero-order valence-electron chi connectivity index (χ0n) is 10.1. The molecule has 1 aromatic carbocycles. The zero-order valence-corrected chi connectivity index (χ0v) is 10.9. The summed E-state index contributed by atoms with van der Waals surface area (Å²) in [5, 5.41) is 3.22. The van der Waals surface area contributed by atoms with Crippen LogP contribution in [0.4, 0.5) is 0 Å². The molecular formula is C13H14N2O2S. The molecule has 1 aliphatic rings. The van der Waals surface area contributed by atoms with Crippen molar-refractivity contribution in [1.29, 1.82) is 0 Å². The zero-order chi connectivity index (χ0) is 12.4. The van der Waals surface area contributed by atoms with E-state index in [9.17, 15) is 0 Å². The van der Waals surface area contributed by atoms with Gasteiger partial charge in [-0.3, -0.25) is 4.98 Å². The van der Waals surface area contributed by atoms with Crippen molar-refractivity contribution in [3.8, 4) is 11.5 Å². The molecule has 0 aliphatic carbocycles. The molecule has 94 valence electrons. The molecule has 1 aliphatic heterocycles. The van der Waals surface area contributed by atoms with Gasteiger partial charge in [-0.2, -0.15) is 0 Å². The first-order valence-electron chi connectivity index (χ1n) is 5.81. The van der Waals surface area contributed by atoms with Gasteiger partial charge in [0.25, 0.3) is 0 Å². The van der Waals surface area contributed by atoms with Crippen molar-refractivity contribution >= 4 is 11.3 Å². The molecule has 0 radical (unpaired) electrons. The van der Waals surface area contributed by atoms with Gasteiger partial charge in [-0.15, -0.1) is 11.3 Å². The number of fused-ring (bicyclic) bond motifs is 1. The van der Waals surface area contributed by atoms with E-state index in [0.29, 0.717) is 13.2 Å². The lowest BCUT2D eigenvalue weighted by molar-refractivity contribution is 0.301. The summed E-state index contributed by atoms with van der Waals surface area (Å²) in [6.45, 7) is 1.24. The van der Waals surface area contributed by atoms with E-state index in [0.717, 1.165) is 16.4 Å². The summed E-state index contributed by atoms with van der Waals surface area (Å²) < 4.78 is 11.3. The maximum atomic E-state index is 5.71. The van der Waals surface area contributed by atoms with Gasteiger partial charge in [-0.25, -0.2) is 0 Å². The second kappa shape index (κ2) is 4.96. The molecule has 0 saturated heterocycles. The first-order valence-corrected chi connectivity index (χ1v) is 6.69. The first kappa shape index (κ1) is 11.5. The summed E-state index contributed by atoms with van der Waals surface area (Å²) in [5.74, 6) is 1.75. The number of nitrogens with one attached hydrogen (secondary N) is 1. The number of nitrogens with zero attached hydrogens (tertiary/aromatic N) is 1. The highest BCUT2D eigenvalue weighted by atomic mass is 32.1. The standard InChI is InChI=1S/C13H14N2O2S/c1-14-12-7-17-13-4-9(2-3-11(12)13)16-6-10-5-15-8-18-10/h2-5,8,12,14H,6-7H2,1H3. The molecule has 0 fully saturated rings. The molecule has 1 aromatic heterocycles. The lowest BCUT2D eigenvalue weighted by atomic mass is 10.1. The number of rotatable bonds is 4. The average molecular weight is 262 g/mol. The molecule has 2 heterocycles. The van der Waals surface area contributed by atoms with Crippen LogP contribution in [0.25, 0.3) is 0 Å². The molecule has 5 heteroatoms. The Kier molecular flexibility index (Phi) is 3.17. The van der Waals surface area contributed by atoms with E-state index in [1.54, 1.807) is 11.3 Å². The van der Waals surface area contributed by atoms with Crippen LogP contribution < -0.4 is 14.8 Å². The van der Waals surface area contributed by atoms with E-state index in [1.807, 2.05) is 30.9 Å². The third-order valence-electron chi connectivity index (χ3n) is 2.98. The number of benzene rings is 1. The minimum absolute atomic E-state index is 0.288. The second-order valence-electron chi connectivity index (χ2n) is 4.11. The lowest BCUT2D eigenvalue weighted by Gasteiger charge is -2.08. The van der Waals surface area contributed by atoms with E-state index in [1.165, 1.54) is 5.56 Å². The predicted molar refractivity (Wildman–Crippen MR) is 70.2 cm³/mol. The van der Waals surface area contributed by atoms with Crippen molar-refractivity contribution < 1.29 is 9.47 Å². The summed E-state index contributed by atoms with van der Waals surface area (Å²) in [6.07, 6.45) is 1.82. The Hall–Kier alpha value is -1.59. The van der Waals surface area contributed by atoms with Crippen LogP contribution in [0.1, 0.15) is 16.5 Å². The maximum Gasteiger partial charge on any atom is 0.127 e. The van der Waals surface area contributed by atoms with Gasteiger partial charge in [0.05, 0.1) is 16.4 Å². The molecule has 0 bridgehead atoms. The van der Waals surface area contributed by atoms with Crippen LogP contribution in [0.3, 0.4) is 0 Å². The summed E-state index contributed by atoms with van der Waals surface area (Å²) in [4.78, 5) is 5.13. The third-order valence-corrected chi connectivity index (χ3v) is 3.73. The molecule has 1 atom stereocenters. The van der Waals surface area contributed by atoms with Gasteiger partial charge in [0.15, 0.2) is 0 Å². The highest BCUT2D eigenvalue weighted by molar-refractivity contribution is 7.09. The third kappa shape index (κ3) is 2.19. The predicted octanol–water partition coefficient (Wildman–Crippen LogP) is 2.38. The van der Waals surface area contributed by atoms with E-state index in [4.69, 9.17) is 9.47 Å². The molecule has 4 nitrogen and oxygen atoms in total. The van der Waals surface area contributed by atoms with Gasteiger partial charge in [0.1, 0.15) is 24.7 Å². The van der Waals surface area contributed by atoms with Gasteiger partial charge >= 0.3 is 0 Å². The first-order chi connectivity index (χ1) is 8.86. The molecule has 1 N–H and O–H groups in total. The minimum atomic E-state index is 0.288. The highest BCUT2D eigenvalue weighted by Gasteiger charge is 2.22. The molecule has 1 unspecified atom stereocenters. The molecule has 3 rings (SSSR count). The van der Waals surface area contributed by atoms with Gasteiger partial charge in [-0.1, -0.05) is 0 Å². The Balaban J connectivity index is 1.71. The molecule has 0 amide bonds. The summed E-state index contributed by atoms with van der Waals surface area (Å²) in [6, 6.07) is 6.29. The number of likely N-dealkylation sites (N-methyl/N-ethyl adjacent to an activating group) is 1. The van der Waals surface area contributed by atoms with E-state index >= 15 is 0 Å². The van der Waals surface area contributed by atoms with Crippen molar-refractivity contribution in [2.24, 2.45) is 0 Å². The van der Waals surface area contributed by atoms with Crippen LogP contribution in [0.15, 0.2) is 29.9 Å². The molecular weight excluding hydrogens is 248 g/mol. The fourth-order valence-corrected chi connectivity index (χ4v) is 2.49. The second-order valence-corrected chi connectivity index (χ2v) is 5.08. The van der Waals surface area contributed by atoms with Crippen LogP contribution in [-0.4, -0.2) is 18.6 Å². The number of ether oxygens (including phenoxy) is 2. The van der Waals surface area contributed by atoms with Crippen molar-refractivity contribution in [1.82, 2.24) is 10.3 Å². The fraction of sp³-hybridized carbons (Fsp3) is 0.308. The Morgan fingerprint density at radius 3 is 3.28 bits per heavy atom. The highest BCUT2D eigenvalue weighted by Crippen LogP contribution is 2.35. The smallest absolute Gasteiger partial charge is 0.127 e. The SMILES string of the molecule is CNC1COc2cc(OCc3cncs3)ccc21. The van der Waals surface area contributed by atoms with Gasteiger partial charge in [-0.05, 0) is 19.2 Å². The van der Waals surface area contributed by atoms with Crippen molar-refractivity contribution in [2.75, 3.05) is 13.7 Å². The van der Waals surface area contributed by atoms with Crippen molar-refractivity contribution in [3.05, 3.63) is 40.3 Å². The molecule has 18 heavy (non-hydrogen) atoms. The molecule has 0 spiro atoms. The summed E-state index contributed by atoms with van der Waals surface area (Å²) in [5.41, 5.74) is 3.00. The normalized spacial score (nSPS) is 17.3. The van der Waals surface area contributed by atoms with E-state index in [2.05, 4.69) is 16.4 Å². The summed E-state index contributed by atoms with van der Waals surface area (Å²) >= 11 is 1.59. The minimum Gasteiger partial charge on any atom is -0.491 e. The van der Waals surface area contributed by atoms with Crippen molar-refractivity contribution in [2.45, 2.75) is 12.6 Å². The Morgan fingerprint density at radius 1 is 1.56 bits per heavy atom. The van der Waals surface area contributed by atoms with Crippen LogP contribution >= 0.6 is 11.3 Å². The largest absolute Gasteiger partial charge is 0.491 e. The average Bonchev–Trinajstić information content (AvgIpc) is 3.05. The number of hydrogen-bond donors (Lipinski definition) is 1. The van der Waals surface area contributed by atoms with Gasteiger partial charge < -0.3 is 14.8 Å². The number of aromatic nitrogens is 1. The monoisotopic (exact) mass is 262 g/mol. The van der Waals surface area contributed by atoms with Crippen LogP contribution in [-0.2, 0) is 6.61 Å². The quantitative estimate of drug-likeness (QED) is 0.918. The van der Waals surface area contributed by atoms with Crippen LogP contribution in [0, 0.1) is 0 Å². The van der Waals surface area contributed by atoms with Crippen LogP contribution in [0.2, 0.25) is 0 Å². The van der Waals surface area contributed by atoms with E-state index in [-0.39, 0.29) is 6.04 Å². The number of thiazole rings is 1. The van der Waals surface area contributed by atoms with Crippen molar-refractivity contribution in [3.63, 3.8) is 0 Å². The summed E-state index contributed by atoms with van der Waals surface area (Å²) in [7, 11) is 1.94. The Morgan fingerprint density at radius 2 is 2.50 bits per heavy atom. The number of hydrogen-bond acceptors (Lipinski definition) is 5. The molecule has 2 aromatic rings. The van der Waals surface area contributed by atoms with Gasteiger partial charge in [0, 0.05) is 17.8 Å². The van der Waals surface area contributed by atoms with Crippen LogP contribution in [0.5, 0.6) is 11.5 Å². The Labute approximate surface area is 110 Å². The maximum absolute atomic E-state index is 5.71.